The number of halogens is 2. The largest absolute Gasteiger partial charge is 0.383 e. The van der Waals surface area contributed by atoms with Crippen molar-refractivity contribution in [2.45, 2.75) is 36.6 Å². The number of benzene rings is 2. The van der Waals surface area contributed by atoms with E-state index in [1.165, 1.54) is 18.2 Å². The van der Waals surface area contributed by atoms with Crippen molar-refractivity contribution in [1.82, 2.24) is 10.3 Å². The number of nitrogen functional groups attached to an aromatic ring is 1. The Bertz CT molecular complexity index is 1360. The van der Waals surface area contributed by atoms with E-state index in [1.807, 2.05) is 6.07 Å². The highest BCUT2D eigenvalue weighted by atomic mass is 32.2. The van der Waals surface area contributed by atoms with Gasteiger partial charge in [0.15, 0.2) is 9.84 Å². The molecule has 1 atom stereocenters. The first-order chi connectivity index (χ1) is 15.5. The summed E-state index contributed by atoms with van der Waals surface area (Å²) in [6.07, 6.45) is 4.88. The van der Waals surface area contributed by atoms with E-state index < -0.39 is 33.4 Å². The first kappa shape index (κ1) is 22.8. The van der Waals surface area contributed by atoms with Crippen LogP contribution in [0.3, 0.4) is 0 Å². The number of pyridine rings is 1. The van der Waals surface area contributed by atoms with E-state index in [4.69, 9.17) is 5.73 Å². The summed E-state index contributed by atoms with van der Waals surface area (Å²) in [4.78, 5) is 16.7. The van der Waals surface area contributed by atoms with Crippen LogP contribution in [0.5, 0.6) is 0 Å². The van der Waals surface area contributed by atoms with Crippen LogP contribution in [-0.4, -0.2) is 25.6 Å². The number of anilines is 1. The van der Waals surface area contributed by atoms with Crippen LogP contribution < -0.4 is 11.1 Å². The van der Waals surface area contributed by atoms with Gasteiger partial charge in [-0.1, -0.05) is 6.07 Å². The number of carbonyl (C=O) groups excluding carboxylic acids is 1. The Balaban J connectivity index is 1.56. The second kappa shape index (κ2) is 8.55. The van der Waals surface area contributed by atoms with Crippen LogP contribution in [-0.2, 0) is 9.84 Å². The van der Waals surface area contributed by atoms with Crippen molar-refractivity contribution in [2.24, 2.45) is 0 Å². The summed E-state index contributed by atoms with van der Waals surface area (Å²) in [5, 5.41) is 2.58. The summed E-state index contributed by atoms with van der Waals surface area (Å²) in [5.41, 5.74) is 8.20. The van der Waals surface area contributed by atoms with Crippen LogP contribution in [0, 0.1) is 11.6 Å². The Kier molecular flexibility index (Phi) is 5.92. The van der Waals surface area contributed by atoms with Crippen molar-refractivity contribution in [1.29, 1.82) is 0 Å². The summed E-state index contributed by atoms with van der Waals surface area (Å²) in [7, 11) is -3.64. The number of aromatic nitrogens is 1. The van der Waals surface area contributed by atoms with Crippen molar-refractivity contribution in [3.05, 3.63) is 77.0 Å². The molecular formula is C24H23F2N3O3S. The lowest BCUT2D eigenvalue weighted by Crippen LogP contribution is -2.27. The average molecular weight is 472 g/mol. The van der Waals surface area contributed by atoms with Gasteiger partial charge in [0.2, 0.25) is 0 Å². The van der Waals surface area contributed by atoms with Crippen LogP contribution in [0.4, 0.5) is 14.6 Å². The Morgan fingerprint density at radius 2 is 1.88 bits per heavy atom. The normalized spacial score (nSPS) is 14.7. The van der Waals surface area contributed by atoms with Crippen LogP contribution >= 0.6 is 0 Å². The summed E-state index contributed by atoms with van der Waals surface area (Å²) in [6, 6.07) is 8.63. The van der Waals surface area contributed by atoms with E-state index in [2.05, 4.69) is 10.3 Å². The molecule has 0 aliphatic heterocycles. The molecule has 2 aromatic carbocycles. The second-order valence-corrected chi connectivity index (χ2v) is 10.4. The number of hydrogen-bond acceptors (Lipinski definition) is 5. The average Bonchev–Trinajstić information content (AvgIpc) is 3.58. The fourth-order valence-electron chi connectivity index (χ4n) is 3.64. The van der Waals surface area contributed by atoms with Gasteiger partial charge >= 0.3 is 0 Å². The van der Waals surface area contributed by atoms with Gasteiger partial charge in [-0.15, -0.1) is 0 Å². The first-order valence-electron chi connectivity index (χ1n) is 10.4. The molecule has 6 nitrogen and oxygen atoms in total. The fraction of sp³-hybridized carbons (Fsp3) is 0.250. The van der Waals surface area contributed by atoms with E-state index in [0.29, 0.717) is 17.0 Å². The molecule has 1 heterocycles. The van der Waals surface area contributed by atoms with Gasteiger partial charge in [-0.05, 0) is 78.8 Å². The molecule has 0 saturated heterocycles. The number of nitrogens with one attached hydrogen (secondary N) is 1. The zero-order valence-corrected chi connectivity index (χ0v) is 18.9. The quantitative estimate of drug-likeness (QED) is 0.556. The molecule has 0 bridgehead atoms. The van der Waals surface area contributed by atoms with E-state index >= 15 is 0 Å². The maximum absolute atomic E-state index is 14.9. The number of nitrogens with zero attached hydrogens (tertiary/aromatic N) is 1. The highest BCUT2D eigenvalue weighted by Gasteiger charge is 2.25. The van der Waals surface area contributed by atoms with Gasteiger partial charge < -0.3 is 11.1 Å². The SMILES string of the molecule is CC(NC(=O)c1ccc(-c2cc(C3CC3)cnc2N)cc1F)c1cc(F)cc(S(C)(=O)=O)c1. The number of sulfone groups is 1. The van der Waals surface area contributed by atoms with Gasteiger partial charge in [0, 0.05) is 18.0 Å². The molecule has 172 valence electrons. The summed E-state index contributed by atoms with van der Waals surface area (Å²) >= 11 is 0. The van der Waals surface area contributed by atoms with Gasteiger partial charge in [0.25, 0.3) is 5.91 Å². The molecular weight excluding hydrogens is 448 g/mol. The molecule has 0 spiro atoms. The smallest absolute Gasteiger partial charge is 0.254 e. The minimum atomic E-state index is -3.64. The van der Waals surface area contributed by atoms with E-state index in [0.717, 1.165) is 36.8 Å². The number of nitrogens with two attached hydrogens (primary N) is 1. The maximum Gasteiger partial charge on any atom is 0.254 e. The second-order valence-electron chi connectivity index (χ2n) is 8.36. The Morgan fingerprint density at radius 1 is 1.15 bits per heavy atom. The molecule has 3 N–H and O–H groups in total. The lowest BCUT2D eigenvalue weighted by atomic mass is 10.0. The highest BCUT2D eigenvalue weighted by molar-refractivity contribution is 7.90. The number of hydrogen-bond donors (Lipinski definition) is 2. The third kappa shape index (κ3) is 5.03. The van der Waals surface area contributed by atoms with Crippen molar-refractivity contribution < 1.29 is 22.0 Å². The molecule has 1 aliphatic rings. The zero-order valence-electron chi connectivity index (χ0n) is 18.1. The highest BCUT2D eigenvalue weighted by Crippen LogP contribution is 2.41. The fourth-order valence-corrected chi connectivity index (χ4v) is 4.31. The molecule has 1 aliphatic carbocycles. The molecule has 1 fully saturated rings. The molecule has 0 radical (unpaired) electrons. The van der Waals surface area contributed by atoms with Gasteiger partial charge in [-0.3, -0.25) is 4.79 Å². The minimum absolute atomic E-state index is 0.199. The van der Waals surface area contributed by atoms with E-state index in [1.54, 1.807) is 19.2 Å². The van der Waals surface area contributed by atoms with Crippen LogP contribution in [0.15, 0.2) is 53.6 Å². The lowest BCUT2D eigenvalue weighted by Gasteiger charge is -2.16. The molecule has 9 heteroatoms. The lowest BCUT2D eigenvalue weighted by molar-refractivity contribution is 0.0935. The molecule has 1 aromatic heterocycles. The van der Waals surface area contributed by atoms with Gasteiger partial charge in [0.05, 0.1) is 16.5 Å². The van der Waals surface area contributed by atoms with E-state index in [-0.39, 0.29) is 21.8 Å². The van der Waals surface area contributed by atoms with Gasteiger partial charge in [-0.25, -0.2) is 22.2 Å². The van der Waals surface area contributed by atoms with Crippen molar-refractivity contribution in [3.8, 4) is 11.1 Å². The molecule has 33 heavy (non-hydrogen) atoms. The Labute approximate surface area is 190 Å². The topological polar surface area (TPSA) is 102 Å². The van der Waals surface area contributed by atoms with Crippen molar-refractivity contribution >= 4 is 21.6 Å². The maximum atomic E-state index is 14.9. The third-order valence-electron chi connectivity index (χ3n) is 5.68. The van der Waals surface area contributed by atoms with Gasteiger partial charge in [-0.2, -0.15) is 0 Å². The monoisotopic (exact) mass is 471 g/mol. The minimum Gasteiger partial charge on any atom is -0.383 e. The van der Waals surface area contributed by atoms with Crippen molar-refractivity contribution in [3.63, 3.8) is 0 Å². The Morgan fingerprint density at radius 3 is 2.52 bits per heavy atom. The third-order valence-corrected chi connectivity index (χ3v) is 6.77. The summed E-state index contributed by atoms with van der Waals surface area (Å²) in [5.74, 6) is -1.47. The Hall–Kier alpha value is -3.33. The number of carbonyl (C=O) groups is 1. The first-order valence-corrected chi connectivity index (χ1v) is 12.3. The zero-order chi connectivity index (χ0) is 23.9. The molecule has 1 saturated carbocycles. The summed E-state index contributed by atoms with van der Waals surface area (Å²) < 4.78 is 52.3. The molecule has 4 rings (SSSR count). The number of rotatable bonds is 6. The van der Waals surface area contributed by atoms with Gasteiger partial charge in [0.1, 0.15) is 17.5 Å². The summed E-state index contributed by atoms with van der Waals surface area (Å²) in [6.45, 7) is 1.56. The number of amides is 1. The molecule has 1 amide bonds. The van der Waals surface area contributed by atoms with E-state index in [9.17, 15) is 22.0 Å². The van der Waals surface area contributed by atoms with Crippen LogP contribution in [0.2, 0.25) is 0 Å². The standard InChI is InChI=1S/C24H23F2N3O3S/c1-13(16-7-18(25)11-19(8-16)33(2,31)32)29-24(30)20-6-5-15(10-22(20)26)21-9-17(14-3-4-14)12-28-23(21)27/h5-14H,3-4H2,1-2H3,(H2,27,28)(H,29,30). The van der Waals surface area contributed by atoms with Crippen molar-refractivity contribution in [2.75, 3.05) is 12.0 Å². The van der Waals surface area contributed by atoms with Crippen LogP contribution in [0.1, 0.15) is 53.2 Å². The predicted octanol–water partition coefficient (Wildman–Crippen LogP) is 4.38. The molecule has 3 aromatic rings. The predicted molar refractivity (Wildman–Crippen MR) is 121 cm³/mol. The van der Waals surface area contributed by atoms with Crippen LogP contribution in [0.25, 0.3) is 11.1 Å². The molecule has 1 unspecified atom stereocenters.